The number of aromatic nitrogens is 2. The average molecular weight is 271 g/mol. The Labute approximate surface area is 110 Å². The summed E-state index contributed by atoms with van der Waals surface area (Å²) in [6, 6.07) is 0. The molecule has 0 spiro atoms. The minimum atomic E-state index is 0.121. The van der Waals surface area contributed by atoms with Gasteiger partial charge < -0.3 is 15.0 Å². The molecule has 0 aromatic carbocycles. The van der Waals surface area contributed by atoms with Crippen molar-refractivity contribution in [2.24, 2.45) is 0 Å². The van der Waals surface area contributed by atoms with Crippen molar-refractivity contribution in [2.45, 2.75) is 6.42 Å². The summed E-state index contributed by atoms with van der Waals surface area (Å²) in [5.74, 6) is 0.678. The number of carbonyl (C=O) groups excluding carboxylic acids is 1. The molecule has 2 rings (SSSR count). The van der Waals surface area contributed by atoms with Gasteiger partial charge in [0.25, 0.3) is 0 Å². The van der Waals surface area contributed by atoms with Gasteiger partial charge in [-0.15, -0.1) is 0 Å². The number of morpholine rings is 1. The molecular weight excluding hydrogens is 256 g/mol. The van der Waals surface area contributed by atoms with Crippen molar-refractivity contribution < 1.29 is 9.53 Å². The van der Waals surface area contributed by atoms with Gasteiger partial charge >= 0.3 is 0 Å². The van der Waals surface area contributed by atoms with Gasteiger partial charge in [0, 0.05) is 26.1 Å². The van der Waals surface area contributed by atoms with Crippen LogP contribution in [0.5, 0.6) is 0 Å². The van der Waals surface area contributed by atoms with Crippen molar-refractivity contribution in [3.63, 3.8) is 0 Å². The summed E-state index contributed by atoms with van der Waals surface area (Å²) in [5.41, 5.74) is 0. The van der Waals surface area contributed by atoms with E-state index >= 15 is 0 Å². The van der Waals surface area contributed by atoms with Crippen LogP contribution in [-0.4, -0.2) is 53.6 Å². The van der Waals surface area contributed by atoms with E-state index in [1.807, 2.05) is 4.90 Å². The summed E-state index contributed by atoms with van der Waals surface area (Å²) >= 11 is 5.89. The molecule has 7 heteroatoms. The number of carbonyl (C=O) groups is 1. The van der Waals surface area contributed by atoms with Crippen LogP contribution in [0.25, 0.3) is 0 Å². The minimum Gasteiger partial charge on any atom is -0.378 e. The second kappa shape index (κ2) is 6.51. The Kier molecular flexibility index (Phi) is 4.72. The monoisotopic (exact) mass is 270 g/mol. The lowest BCUT2D eigenvalue weighted by Crippen LogP contribution is -2.41. The molecule has 2 heterocycles. The summed E-state index contributed by atoms with van der Waals surface area (Å²) in [6.45, 7) is 3.10. The normalized spacial score (nSPS) is 15.5. The fourth-order valence-corrected chi connectivity index (χ4v) is 1.87. The molecule has 98 valence electrons. The molecule has 1 aromatic rings. The first-order valence-corrected chi connectivity index (χ1v) is 6.20. The largest absolute Gasteiger partial charge is 0.378 e. The first-order valence-electron chi connectivity index (χ1n) is 5.82. The number of rotatable bonds is 4. The van der Waals surface area contributed by atoms with Crippen molar-refractivity contribution in [1.82, 2.24) is 14.9 Å². The number of amides is 1. The molecule has 1 saturated heterocycles. The molecule has 1 aliphatic heterocycles. The fraction of sp³-hybridized carbons (Fsp3) is 0.545. The first-order chi connectivity index (χ1) is 8.77. The number of anilines is 1. The Balaban J connectivity index is 1.75. The van der Waals surface area contributed by atoms with Gasteiger partial charge in [0.1, 0.15) is 17.2 Å². The topological polar surface area (TPSA) is 67.4 Å². The molecule has 0 atom stereocenters. The molecular formula is C11H15ClN4O2. The highest BCUT2D eigenvalue weighted by Crippen LogP contribution is 2.15. The van der Waals surface area contributed by atoms with E-state index in [-0.39, 0.29) is 5.91 Å². The quantitative estimate of drug-likeness (QED) is 0.876. The molecule has 0 bridgehead atoms. The van der Waals surface area contributed by atoms with Gasteiger partial charge in [0.05, 0.1) is 19.4 Å². The van der Waals surface area contributed by atoms with E-state index in [4.69, 9.17) is 16.3 Å². The lowest BCUT2D eigenvalue weighted by molar-refractivity contribution is -0.134. The molecule has 1 aromatic heterocycles. The Morgan fingerprint density at radius 3 is 3.00 bits per heavy atom. The molecule has 1 aliphatic rings. The van der Waals surface area contributed by atoms with Gasteiger partial charge in [-0.1, -0.05) is 11.6 Å². The Bertz CT molecular complexity index is 410. The lowest BCUT2D eigenvalue weighted by Gasteiger charge is -2.26. The van der Waals surface area contributed by atoms with Crippen LogP contribution in [0.2, 0.25) is 5.02 Å². The smallest absolute Gasteiger partial charge is 0.224 e. The van der Waals surface area contributed by atoms with Crippen LogP contribution in [0.4, 0.5) is 5.82 Å². The molecule has 1 N–H and O–H groups in total. The second-order valence-corrected chi connectivity index (χ2v) is 4.30. The van der Waals surface area contributed by atoms with Crippen molar-refractivity contribution in [2.75, 3.05) is 38.2 Å². The van der Waals surface area contributed by atoms with E-state index in [0.29, 0.717) is 50.1 Å². The summed E-state index contributed by atoms with van der Waals surface area (Å²) in [6.07, 6.45) is 3.35. The molecule has 0 aliphatic carbocycles. The van der Waals surface area contributed by atoms with Crippen molar-refractivity contribution in [3.8, 4) is 0 Å². The SMILES string of the molecule is O=C(CCNc1ncncc1Cl)N1CCOCC1. The maximum absolute atomic E-state index is 11.8. The zero-order chi connectivity index (χ0) is 12.8. The standard InChI is InChI=1S/C11H15ClN4O2/c12-9-7-13-8-15-11(9)14-2-1-10(17)16-3-5-18-6-4-16/h7-8H,1-6H2,(H,13,14,15). The van der Waals surface area contributed by atoms with Gasteiger partial charge in [0.15, 0.2) is 0 Å². The summed E-state index contributed by atoms with van der Waals surface area (Å²) in [5, 5.41) is 3.48. The second-order valence-electron chi connectivity index (χ2n) is 3.89. The number of hydrogen-bond donors (Lipinski definition) is 1. The number of ether oxygens (including phenoxy) is 1. The number of nitrogens with zero attached hydrogens (tertiary/aromatic N) is 3. The lowest BCUT2D eigenvalue weighted by atomic mass is 10.3. The number of hydrogen-bond acceptors (Lipinski definition) is 5. The van der Waals surface area contributed by atoms with E-state index in [0.717, 1.165) is 0 Å². The van der Waals surface area contributed by atoms with Crippen LogP contribution < -0.4 is 5.32 Å². The number of nitrogens with one attached hydrogen (secondary N) is 1. The highest BCUT2D eigenvalue weighted by Gasteiger charge is 2.16. The Hall–Kier alpha value is -1.40. The van der Waals surface area contributed by atoms with Crippen LogP contribution in [0.1, 0.15) is 6.42 Å². The van der Waals surface area contributed by atoms with Gasteiger partial charge in [-0.25, -0.2) is 9.97 Å². The molecule has 1 fully saturated rings. The van der Waals surface area contributed by atoms with Gasteiger partial charge in [-0.05, 0) is 0 Å². The fourth-order valence-electron chi connectivity index (χ4n) is 1.70. The van der Waals surface area contributed by atoms with Crippen LogP contribution in [0, 0.1) is 0 Å². The molecule has 0 radical (unpaired) electrons. The Morgan fingerprint density at radius 1 is 1.50 bits per heavy atom. The molecule has 6 nitrogen and oxygen atoms in total. The number of halogens is 1. The maximum atomic E-state index is 11.8. The zero-order valence-corrected chi connectivity index (χ0v) is 10.7. The van der Waals surface area contributed by atoms with Gasteiger partial charge in [-0.3, -0.25) is 4.79 Å². The minimum absolute atomic E-state index is 0.121. The highest BCUT2D eigenvalue weighted by molar-refractivity contribution is 6.32. The third-order valence-corrected chi connectivity index (χ3v) is 2.94. The summed E-state index contributed by atoms with van der Waals surface area (Å²) in [7, 11) is 0. The van der Waals surface area contributed by atoms with E-state index in [1.54, 1.807) is 0 Å². The Morgan fingerprint density at radius 2 is 2.28 bits per heavy atom. The first kappa shape index (κ1) is 13.0. The van der Waals surface area contributed by atoms with E-state index in [2.05, 4.69) is 15.3 Å². The molecule has 18 heavy (non-hydrogen) atoms. The van der Waals surface area contributed by atoms with Crippen LogP contribution in [-0.2, 0) is 9.53 Å². The van der Waals surface area contributed by atoms with Gasteiger partial charge in [-0.2, -0.15) is 0 Å². The van der Waals surface area contributed by atoms with Crippen LogP contribution in [0.15, 0.2) is 12.5 Å². The molecule has 0 unspecified atom stereocenters. The van der Waals surface area contributed by atoms with E-state index in [1.165, 1.54) is 12.5 Å². The van der Waals surface area contributed by atoms with E-state index in [9.17, 15) is 4.79 Å². The third kappa shape index (κ3) is 3.54. The van der Waals surface area contributed by atoms with Gasteiger partial charge in [0.2, 0.25) is 5.91 Å². The predicted octanol–water partition coefficient (Wildman–Crippen LogP) is 0.791. The van der Waals surface area contributed by atoms with Crippen LogP contribution >= 0.6 is 11.6 Å². The van der Waals surface area contributed by atoms with Crippen molar-refractivity contribution >= 4 is 23.3 Å². The average Bonchev–Trinajstić information content (AvgIpc) is 2.42. The van der Waals surface area contributed by atoms with Crippen molar-refractivity contribution in [3.05, 3.63) is 17.5 Å². The van der Waals surface area contributed by atoms with Crippen molar-refractivity contribution in [1.29, 1.82) is 0 Å². The third-order valence-electron chi connectivity index (χ3n) is 2.66. The summed E-state index contributed by atoms with van der Waals surface area (Å²) in [4.78, 5) is 21.4. The van der Waals surface area contributed by atoms with Crippen LogP contribution in [0.3, 0.4) is 0 Å². The molecule has 1 amide bonds. The predicted molar refractivity (Wildman–Crippen MR) is 67.5 cm³/mol. The highest BCUT2D eigenvalue weighted by atomic mass is 35.5. The summed E-state index contributed by atoms with van der Waals surface area (Å²) < 4.78 is 5.20. The molecule has 0 saturated carbocycles. The van der Waals surface area contributed by atoms with E-state index < -0.39 is 0 Å². The maximum Gasteiger partial charge on any atom is 0.224 e. The zero-order valence-electron chi connectivity index (χ0n) is 9.93.